The van der Waals surface area contributed by atoms with Gasteiger partial charge in [-0.2, -0.15) is 0 Å². The Kier molecular flexibility index (Phi) is 7.31. The predicted molar refractivity (Wildman–Crippen MR) is 130 cm³/mol. The molecule has 0 aromatic heterocycles. The van der Waals surface area contributed by atoms with Crippen LogP contribution in [0.5, 0.6) is 23.0 Å². The molecule has 196 valence electrons. The first kappa shape index (κ1) is 24.7. The lowest BCUT2D eigenvalue weighted by atomic mass is 9.88. The summed E-state index contributed by atoms with van der Waals surface area (Å²) < 4.78 is 26.4. The Balaban J connectivity index is 1.24. The number of nitrogens with one attached hydrogen (secondary N) is 2. The first-order valence-corrected chi connectivity index (χ1v) is 12.2. The van der Waals surface area contributed by atoms with Crippen LogP contribution >= 0.6 is 0 Å². The fourth-order valence-electron chi connectivity index (χ4n) is 4.69. The Morgan fingerprint density at radius 1 is 0.919 bits per heavy atom. The zero-order valence-corrected chi connectivity index (χ0v) is 20.5. The van der Waals surface area contributed by atoms with Crippen molar-refractivity contribution < 1.29 is 38.1 Å². The number of carbonyl (C=O) groups is 3. The number of benzene rings is 2. The van der Waals surface area contributed by atoms with Crippen LogP contribution in [0.2, 0.25) is 0 Å². The largest absolute Gasteiger partial charge is 0.454 e. The Bertz CT molecular complexity index is 1180. The molecule has 0 unspecified atom stereocenters. The van der Waals surface area contributed by atoms with Gasteiger partial charge in [-0.15, -0.1) is 0 Å². The number of ether oxygens (including phenoxy) is 5. The van der Waals surface area contributed by atoms with E-state index < -0.39 is 6.04 Å². The summed E-state index contributed by atoms with van der Waals surface area (Å²) in [5.74, 6) is 1.31. The van der Waals surface area contributed by atoms with Gasteiger partial charge in [0.1, 0.15) is 6.04 Å². The molecule has 37 heavy (non-hydrogen) atoms. The van der Waals surface area contributed by atoms with Crippen LogP contribution in [0, 0.1) is 5.92 Å². The van der Waals surface area contributed by atoms with Crippen LogP contribution in [0.4, 0.5) is 0 Å². The SMILES string of the molecule is COCCNC(=O)[C@@H](NC(=O)c1ccc2c(c1)OCO2)C1CCN(C(=O)c2ccc3c(c2)OCO3)CC1. The smallest absolute Gasteiger partial charge is 0.253 e. The highest BCUT2D eigenvalue weighted by molar-refractivity contribution is 5.98. The van der Waals surface area contributed by atoms with E-state index in [4.69, 9.17) is 23.7 Å². The summed E-state index contributed by atoms with van der Waals surface area (Å²) in [7, 11) is 1.55. The zero-order chi connectivity index (χ0) is 25.8. The number of methoxy groups -OCH3 is 1. The molecule has 11 nitrogen and oxygen atoms in total. The average Bonchev–Trinajstić information content (AvgIpc) is 3.60. The Morgan fingerprint density at radius 3 is 2.16 bits per heavy atom. The van der Waals surface area contributed by atoms with E-state index >= 15 is 0 Å². The third-order valence-electron chi connectivity index (χ3n) is 6.73. The van der Waals surface area contributed by atoms with E-state index in [0.717, 1.165) is 0 Å². The molecule has 3 aliphatic rings. The molecule has 5 rings (SSSR count). The van der Waals surface area contributed by atoms with E-state index in [9.17, 15) is 14.4 Å². The molecule has 0 saturated carbocycles. The van der Waals surface area contributed by atoms with Gasteiger partial charge in [-0.1, -0.05) is 0 Å². The molecule has 3 aliphatic heterocycles. The molecule has 3 amide bonds. The highest BCUT2D eigenvalue weighted by Gasteiger charge is 2.34. The van der Waals surface area contributed by atoms with Crippen LogP contribution in [0.1, 0.15) is 33.6 Å². The van der Waals surface area contributed by atoms with Crippen molar-refractivity contribution in [1.82, 2.24) is 15.5 Å². The second-order valence-corrected chi connectivity index (χ2v) is 9.00. The van der Waals surface area contributed by atoms with E-state index in [2.05, 4.69) is 10.6 Å². The van der Waals surface area contributed by atoms with Gasteiger partial charge in [0.2, 0.25) is 19.5 Å². The second-order valence-electron chi connectivity index (χ2n) is 9.00. The average molecular weight is 512 g/mol. The monoisotopic (exact) mass is 511 g/mol. The maximum absolute atomic E-state index is 13.1. The minimum absolute atomic E-state index is 0.106. The third-order valence-corrected chi connectivity index (χ3v) is 6.73. The Labute approximate surface area is 213 Å². The maximum Gasteiger partial charge on any atom is 0.253 e. The lowest BCUT2D eigenvalue weighted by molar-refractivity contribution is -0.124. The predicted octanol–water partition coefficient (Wildman–Crippen LogP) is 1.56. The molecule has 0 spiro atoms. The Morgan fingerprint density at radius 2 is 1.51 bits per heavy atom. The normalized spacial score (nSPS) is 16.8. The molecule has 3 heterocycles. The van der Waals surface area contributed by atoms with Crippen molar-refractivity contribution >= 4 is 17.7 Å². The molecular weight excluding hydrogens is 482 g/mol. The van der Waals surface area contributed by atoms with E-state index in [1.807, 2.05) is 0 Å². The molecular formula is C26H29N3O8. The molecule has 2 N–H and O–H groups in total. The summed E-state index contributed by atoms with van der Waals surface area (Å²) in [6.07, 6.45) is 1.11. The summed E-state index contributed by atoms with van der Waals surface area (Å²) in [6, 6.07) is 9.28. The number of fused-ring (bicyclic) bond motifs is 2. The van der Waals surface area contributed by atoms with Gasteiger partial charge in [0.25, 0.3) is 11.8 Å². The van der Waals surface area contributed by atoms with Crippen LogP contribution in [-0.2, 0) is 9.53 Å². The number of hydrogen-bond acceptors (Lipinski definition) is 8. The molecule has 0 radical (unpaired) electrons. The van der Waals surface area contributed by atoms with Gasteiger partial charge >= 0.3 is 0 Å². The third kappa shape index (κ3) is 5.41. The lowest BCUT2D eigenvalue weighted by Gasteiger charge is -2.36. The van der Waals surface area contributed by atoms with Gasteiger partial charge in [0.15, 0.2) is 23.0 Å². The van der Waals surface area contributed by atoms with Gasteiger partial charge in [0, 0.05) is 37.9 Å². The fourth-order valence-corrected chi connectivity index (χ4v) is 4.69. The van der Waals surface area contributed by atoms with Crippen LogP contribution in [0.3, 0.4) is 0 Å². The van der Waals surface area contributed by atoms with Crippen LogP contribution in [0.25, 0.3) is 0 Å². The van der Waals surface area contributed by atoms with Crippen molar-refractivity contribution in [3.8, 4) is 23.0 Å². The minimum Gasteiger partial charge on any atom is -0.454 e. The van der Waals surface area contributed by atoms with E-state index in [-0.39, 0.29) is 37.2 Å². The lowest BCUT2D eigenvalue weighted by Crippen LogP contribution is -2.54. The number of rotatable bonds is 8. The van der Waals surface area contributed by atoms with E-state index in [1.54, 1.807) is 48.4 Å². The van der Waals surface area contributed by atoms with Gasteiger partial charge in [0.05, 0.1) is 6.61 Å². The quantitative estimate of drug-likeness (QED) is 0.512. The second kappa shape index (κ2) is 11.0. The van der Waals surface area contributed by atoms with Crippen molar-refractivity contribution in [2.24, 2.45) is 5.92 Å². The minimum atomic E-state index is -0.766. The summed E-state index contributed by atoms with van der Waals surface area (Å²) in [4.78, 5) is 41.0. The molecule has 2 aromatic rings. The van der Waals surface area contributed by atoms with Crippen molar-refractivity contribution in [3.63, 3.8) is 0 Å². The molecule has 1 fully saturated rings. The Hall–Kier alpha value is -3.99. The van der Waals surface area contributed by atoms with Crippen molar-refractivity contribution in [1.29, 1.82) is 0 Å². The summed E-state index contributed by atoms with van der Waals surface area (Å²) in [5.41, 5.74) is 0.891. The molecule has 11 heteroatoms. The summed E-state index contributed by atoms with van der Waals surface area (Å²) in [5, 5.41) is 5.74. The summed E-state index contributed by atoms with van der Waals surface area (Å²) in [6.45, 7) is 1.85. The van der Waals surface area contributed by atoms with Crippen LogP contribution in [0.15, 0.2) is 36.4 Å². The zero-order valence-electron chi connectivity index (χ0n) is 20.5. The highest BCUT2D eigenvalue weighted by Crippen LogP contribution is 2.34. The van der Waals surface area contributed by atoms with Crippen LogP contribution < -0.4 is 29.6 Å². The van der Waals surface area contributed by atoms with Gasteiger partial charge < -0.3 is 39.2 Å². The number of amides is 3. The number of hydrogen-bond donors (Lipinski definition) is 2. The van der Waals surface area contributed by atoms with E-state index in [1.165, 1.54) is 0 Å². The van der Waals surface area contributed by atoms with Gasteiger partial charge in [-0.25, -0.2) is 0 Å². The molecule has 1 saturated heterocycles. The standard InChI is InChI=1S/C26H29N3O8/c1-33-11-8-27-25(31)23(28-24(30)17-2-4-19-21(12-17)36-14-34-19)16-6-9-29(10-7-16)26(32)18-3-5-20-22(13-18)37-15-35-20/h2-5,12-13,16,23H,6-11,14-15H2,1H3,(H,27,31)(H,28,30)/t23-/m0/s1. The van der Waals surface area contributed by atoms with E-state index in [0.29, 0.717) is 73.2 Å². The van der Waals surface area contributed by atoms with Crippen molar-refractivity contribution in [2.45, 2.75) is 18.9 Å². The molecule has 2 aromatic carbocycles. The molecule has 1 atom stereocenters. The number of carbonyl (C=O) groups excluding carboxylic acids is 3. The number of likely N-dealkylation sites (tertiary alicyclic amines) is 1. The van der Waals surface area contributed by atoms with Gasteiger partial charge in [-0.3, -0.25) is 14.4 Å². The fraction of sp³-hybridized carbons (Fsp3) is 0.423. The highest BCUT2D eigenvalue weighted by atomic mass is 16.7. The molecule has 0 aliphatic carbocycles. The first-order valence-electron chi connectivity index (χ1n) is 12.2. The number of nitrogens with zero attached hydrogens (tertiary/aromatic N) is 1. The van der Waals surface area contributed by atoms with Crippen LogP contribution in [-0.4, -0.2) is 75.6 Å². The summed E-state index contributed by atoms with van der Waals surface area (Å²) >= 11 is 0. The van der Waals surface area contributed by atoms with Crippen molar-refractivity contribution in [3.05, 3.63) is 47.5 Å². The van der Waals surface area contributed by atoms with Gasteiger partial charge in [-0.05, 0) is 55.2 Å². The maximum atomic E-state index is 13.1. The van der Waals surface area contributed by atoms with Crippen molar-refractivity contribution in [2.75, 3.05) is 46.9 Å². The molecule has 0 bridgehead atoms. The topological polar surface area (TPSA) is 125 Å². The number of piperidine rings is 1. The first-order chi connectivity index (χ1) is 18.0.